The van der Waals surface area contributed by atoms with E-state index in [4.69, 9.17) is 10.5 Å². The van der Waals surface area contributed by atoms with Gasteiger partial charge in [0.25, 0.3) is 0 Å². The molecule has 0 saturated heterocycles. The number of amides is 2. The molecule has 1 aromatic carbocycles. The van der Waals surface area contributed by atoms with E-state index in [9.17, 15) is 9.59 Å². The van der Waals surface area contributed by atoms with Crippen LogP contribution in [0.3, 0.4) is 0 Å². The lowest BCUT2D eigenvalue weighted by Crippen LogP contribution is -2.47. The Kier molecular flexibility index (Phi) is 6.64. The van der Waals surface area contributed by atoms with Crippen molar-refractivity contribution in [3.8, 4) is 5.75 Å². The lowest BCUT2D eigenvalue weighted by atomic mass is 10.1. The van der Waals surface area contributed by atoms with Gasteiger partial charge in [-0.15, -0.1) is 12.4 Å². The molecule has 2 rings (SSSR count). The van der Waals surface area contributed by atoms with Crippen LogP contribution in [-0.4, -0.2) is 31.0 Å². The van der Waals surface area contributed by atoms with Crippen LogP contribution in [0.4, 0.5) is 0 Å². The van der Waals surface area contributed by atoms with Crippen molar-refractivity contribution in [2.75, 3.05) is 13.2 Å². The third-order valence-corrected chi connectivity index (χ3v) is 3.48. The smallest absolute Gasteiger partial charge is 0.240 e. The summed E-state index contributed by atoms with van der Waals surface area (Å²) < 4.78 is 5.49. The summed E-state index contributed by atoms with van der Waals surface area (Å²) in [6.45, 7) is 4.04. The van der Waals surface area contributed by atoms with Crippen LogP contribution in [-0.2, 0) is 9.59 Å². The van der Waals surface area contributed by atoms with Crippen molar-refractivity contribution in [3.63, 3.8) is 0 Å². The Labute approximate surface area is 136 Å². The maximum atomic E-state index is 11.9. The highest BCUT2D eigenvalue weighted by atomic mass is 35.5. The van der Waals surface area contributed by atoms with Crippen LogP contribution in [0, 0.1) is 5.92 Å². The molecule has 0 bridgehead atoms. The molecule has 1 aromatic rings. The molecule has 0 fully saturated rings. The number of hydrogen-bond acceptors (Lipinski definition) is 4. The number of benzene rings is 1. The Hall–Kier alpha value is -1.79. The SMILES string of the molecule is CC(C)[C@H](N)C(=O)NCC(=O)NC1COc2ccccc21.Cl. The summed E-state index contributed by atoms with van der Waals surface area (Å²) in [6, 6.07) is 6.79. The average molecular weight is 328 g/mol. The van der Waals surface area contributed by atoms with E-state index in [1.165, 1.54) is 0 Å². The second-order valence-electron chi connectivity index (χ2n) is 5.46. The van der Waals surface area contributed by atoms with Crippen LogP contribution in [0.25, 0.3) is 0 Å². The fourth-order valence-electron chi connectivity index (χ4n) is 2.12. The number of halogens is 1. The number of carbonyl (C=O) groups excluding carboxylic acids is 2. The first-order valence-electron chi connectivity index (χ1n) is 7.03. The zero-order valence-electron chi connectivity index (χ0n) is 12.7. The normalized spacial score (nSPS) is 17.0. The average Bonchev–Trinajstić information content (AvgIpc) is 2.87. The Bertz CT molecular complexity index is 537. The van der Waals surface area contributed by atoms with E-state index in [0.717, 1.165) is 11.3 Å². The third kappa shape index (κ3) is 4.35. The molecule has 0 saturated carbocycles. The first kappa shape index (κ1) is 18.3. The van der Waals surface area contributed by atoms with Gasteiger partial charge in [-0.25, -0.2) is 0 Å². The second-order valence-corrected chi connectivity index (χ2v) is 5.46. The summed E-state index contributed by atoms with van der Waals surface area (Å²) in [6.07, 6.45) is 0. The highest BCUT2D eigenvalue weighted by Crippen LogP contribution is 2.31. The van der Waals surface area contributed by atoms with Gasteiger partial charge in [0, 0.05) is 5.56 Å². The first-order chi connectivity index (χ1) is 9.99. The van der Waals surface area contributed by atoms with Crippen LogP contribution in [0.1, 0.15) is 25.5 Å². The minimum Gasteiger partial charge on any atom is -0.491 e. The quantitative estimate of drug-likeness (QED) is 0.744. The number of para-hydroxylation sites is 1. The number of fused-ring (bicyclic) bond motifs is 1. The molecule has 6 nitrogen and oxygen atoms in total. The van der Waals surface area contributed by atoms with Crippen molar-refractivity contribution in [2.45, 2.75) is 25.9 Å². The first-order valence-corrected chi connectivity index (χ1v) is 7.03. The molecule has 0 spiro atoms. The van der Waals surface area contributed by atoms with Gasteiger partial charge in [0.1, 0.15) is 12.4 Å². The van der Waals surface area contributed by atoms with Gasteiger partial charge in [0.15, 0.2) is 0 Å². The largest absolute Gasteiger partial charge is 0.491 e. The van der Waals surface area contributed by atoms with Crippen molar-refractivity contribution >= 4 is 24.2 Å². The van der Waals surface area contributed by atoms with Gasteiger partial charge in [-0.05, 0) is 12.0 Å². The van der Waals surface area contributed by atoms with Crippen molar-refractivity contribution in [2.24, 2.45) is 11.7 Å². The Morgan fingerprint density at radius 1 is 1.36 bits per heavy atom. The van der Waals surface area contributed by atoms with E-state index in [-0.39, 0.29) is 42.7 Å². The molecule has 7 heteroatoms. The van der Waals surface area contributed by atoms with Crippen LogP contribution in [0.2, 0.25) is 0 Å². The fraction of sp³-hybridized carbons (Fsp3) is 0.467. The number of nitrogens with two attached hydrogens (primary N) is 1. The Morgan fingerprint density at radius 3 is 2.73 bits per heavy atom. The van der Waals surface area contributed by atoms with E-state index < -0.39 is 6.04 Å². The molecule has 1 aliphatic heterocycles. The molecule has 22 heavy (non-hydrogen) atoms. The summed E-state index contributed by atoms with van der Waals surface area (Å²) in [4.78, 5) is 23.6. The molecule has 2 amide bonds. The molecule has 2 atom stereocenters. The van der Waals surface area contributed by atoms with Gasteiger partial charge < -0.3 is 21.1 Å². The highest BCUT2D eigenvalue weighted by Gasteiger charge is 2.25. The molecule has 1 aliphatic rings. The van der Waals surface area contributed by atoms with Crippen LogP contribution in [0.5, 0.6) is 5.75 Å². The number of ether oxygens (including phenoxy) is 1. The van der Waals surface area contributed by atoms with Gasteiger partial charge in [-0.2, -0.15) is 0 Å². The zero-order chi connectivity index (χ0) is 15.4. The molecule has 0 radical (unpaired) electrons. The molecule has 0 aliphatic carbocycles. The van der Waals surface area contributed by atoms with Crippen molar-refractivity contribution in [3.05, 3.63) is 29.8 Å². The van der Waals surface area contributed by atoms with Gasteiger partial charge >= 0.3 is 0 Å². The topological polar surface area (TPSA) is 93.5 Å². The zero-order valence-corrected chi connectivity index (χ0v) is 13.5. The van der Waals surface area contributed by atoms with Gasteiger partial charge in [0.2, 0.25) is 11.8 Å². The fourth-order valence-corrected chi connectivity index (χ4v) is 2.12. The Balaban J connectivity index is 0.00000242. The molecule has 0 aromatic heterocycles. The van der Waals surface area contributed by atoms with Crippen molar-refractivity contribution in [1.29, 1.82) is 0 Å². The summed E-state index contributed by atoms with van der Waals surface area (Å²) in [5, 5.41) is 5.38. The van der Waals surface area contributed by atoms with Crippen LogP contribution < -0.4 is 21.1 Å². The van der Waals surface area contributed by atoms with E-state index in [1.54, 1.807) is 0 Å². The van der Waals surface area contributed by atoms with Crippen molar-refractivity contribution in [1.82, 2.24) is 10.6 Å². The summed E-state index contributed by atoms with van der Waals surface area (Å²) >= 11 is 0. The van der Waals surface area contributed by atoms with E-state index in [1.807, 2.05) is 38.1 Å². The highest BCUT2D eigenvalue weighted by molar-refractivity contribution is 5.87. The van der Waals surface area contributed by atoms with Gasteiger partial charge in [-0.3, -0.25) is 9.59 Å². The van der Waals surface area contributed by atoms with Gasteiger partial charge in [0.05, 0.1) is 18.6 Å². The standard InChI is InChI=1S/C15H21N3O3.ClH/c1-9(2)14(16)15(20)17-7-13(19)18-11-8-21-12-6-4-3-5-10(11)12;/h3-6,9,11,14H,7-8,16H2,1-2H3,(H,17,20)(H,18,19);1H/t11?,14-;/m0./s1. The molecular weight excluding hydrogens is 306 g/mol. The monoisotopic (exact) mass is 327 g/mol. The van der Waals surface area contributed by atoms with Crippen LogP contribution in [0.15, 0.2) is 24.3 Å². The lowest BCUT2D eigenvalue weighted by molar-refractivity contribution is -0.127. The Morgan fingerprint density at radius 2 is 2.05 bits per heavy atom. The third-order valence-electron chi connectivity index (χ3n) is 3.48. The lowest BCUT2D eigenvalue weighted by Gasteiger charge is -2.16. The predicted molar refractivity (Wildman–Crippen MR) is 85.9 cm³/mol. The minimum atomic E-state index is -0.603. The van der Waals surface area contributed by atoms with E-state index in [0.29, 0.717) is 6.61 Å². The number of carbonyl (C=O) groups is 2. The van der Waals surface area contributed by atoms with E-state index >= 15 is 0 Å². The molecule has 1 heterocycles. The summed E-state index contributed by atoms with van der Waals surface area (Å²) in [7, 11) is 0. The second kappa shape index (κ2) is 8.00. The molecule has 1 unspecified atom stereocenters. The number of hydrogen-bond donors (Lipinski definition) is 3. The maximum Gasteiger partial charge on any atom is 0.240 e. The van der Waals surface area contributed by atoms with Crippen LogP contribution >= 0.6 is 12.4 Å². The van der Waals surface area contributed by atoms with Gasteiger partial charge in [-0.1, -0.05) is 32.0 Å². The number of nitrogens with one attached hydrogen (secondary N) is 2. The number of rotatable bonds is 5. The molecule has 122 valence electrons. The van der Waals surface area contributed by atoms with Crippen molar-refractivity contribution < 1.29 is 14.3 Å². The summed E-state index contributed by atoms with van der Waals surface area (Å²) in [5.74, 6) is 0.240. The van der Waals surface area contributed by atoms with E-state index in [2.05, 4.69) is 10.6 Å². The summed E-state index contributed by atoms with van der Waals surface area (Å²) in [5.41, 5.74) is 6.66. The maximum absolute atomic E-state index is 11.9. The minimum absolute atomic E-state index is 0. The molecular formula is C15H22ClN3O3. The predicted octanol–water partition coefficient (Wildman–Crippen LogP) is 0.758. The molecule has 4 N–H and O–H groups in total.